The van der Waals surface area contributed by atoms with Crippen LogP contribution in [0.1, 0.15) is 39.2 Å². The maximum atomic E-state index is 5.40. The highest BCUT2D eigenvalue weighted by atomic mass is 16.5. The van der Waals surface area contributed by atoms with E-state index in [0.29, 0.717) is 0 Å². The predicted octanol–water partition coefficient (Wildman–Crippen LogP) is 8.35. The molecule has 0 bridgehead atoms. The zero-order chi connectivity index (χ0) is 27.2. The van der Waals surface area contributed by atoms with Gasteiger partial charge in [0, 0.05) is 11.1 Å². The molecule has 0 N–H and O–H groups in total. The van der Waals surface area contributed by atoms with Crippen LogP contribution < -0.4 is 4.74 Å². The molecule has 0 radical (unpaired) electrons. The van der Waals surface area contributed by atoms with Gasteiger partial charge in [-0.1, -0.05) is 84.4 Å². The van der Waals surface area contributed by atoms with Gasteiger partial charge >= 0.3 is 0 Å². The van der Waals surface area contributed by atoms with Crippen LogP contribution in [0.15, 0.2) is 125 Å². The molecule has 4 aromatic carbocycles. The smallest absolute Gasteiger partial charge is 0.119 e. The number of methoxy groups -OCH3 is 1. The summed E-state index contributed by atoms with van der Waals surface area (Å²) in [7, 11) is 1.67. The topological polar surface area (TPSA) is 46.8 Å². The zero-order valence-corrected chi connectivity index (χ0v) is 22.7. The van der Waals surface area contributed by atoms with Crippen molar-refractivity contribution in [3.8, 4) is 5.75 Å². The Bertz CT molecular complexity index is 1650. The molecule has 0 saturated heterocycles. The number of aliphatic imine (C=N–C) groups is 2. The Kier molecular flexibility index (Phi) is 7.74. The van der Waals surface area contributed by atoms with Crippen molar-refractivity contribution in [2.75, 3.05) is 7.11 Å². The van der Waals surface area contributed by atoms with E-state index in [1.54, 1.807) is 7.11 Å². The van der Waals surface area contributed by atoms with Gasteiger partial charge in [0.05, 0.1) is 41.3 Å². The van der Waals surface area contributed by atoms with Crippen LogP contribution in [-0.4, -0.2) is 23.5 Å². The van der Waals surface area contributed by atoms with Crippen molar-refractivity contribution in [1.29, 1.82) is 0 Å². The average molecular weight is 510 g/mol. The molecule has 5 rings (SSSR count). The Morgan fingerprint density at radius 2 is 1.08 bits per heavy atom. The van der Waals surface area contributed by atoms with E-state index in [0.717, 1.165) is 62.2 Å². The number of nitrogens with zero attached hydrogens (tertiary/aromatic N) is 3. The summed E-state index contributed by atoms with van der Waals surface area (Å²) < 4.78 is 5.40. The number of aromatic nitrogens is 1. The number of aryl methyl sites for hydroxylation is 3. The monoisotopic (exact) mass is 509 g/mol. The number of benzene rings is 4. The Morgan fingerprint density at radius 3 is 1.56 bits per heavy atom. The van der Waals surface area contributed by atoms with Gasteiger partial charge < -0.3 is 4.74 Å². The summed E-state index contributed by atoms with van der Waals surface area (Å²) in [6.07, 6.45) is 0. The minimum absolute atomic E-state index is 0.776. The van der Waals surface area contributed by atoms with Crippen molar-refractivity contribution in [3.63, 3.8) is 0 Å². The van der Waals surface area contributed by atoms with Crippen LogP contribution in [0.4, 0.5) is 11.4 Å². The van der Waals surface area contributed by atoms with E-state index in [1.165, 1.54) is 5.56 Å². The molecular weight excluding hydrogens is 478 g/mol. The van der Waals surface area contributed by atoms with Crippen LogP contribution >= 0.6 is 0 Å². The third-order valence-electron chi connectivity index (χ3n) is 6.55. The quantitative estimate of drug-likeness (QED) is 0.207. The molecule has 4 nitrogen and oxygen atoms in total. The fourth-order valence-corrected chi connectivity index (χ4v) is 4.48. The number of hydrogen-bond acceptors (Lipinski definition) is 4. The molecule has 0 aliphatic carbocycles. The molecule has 0 amide bonds. The molecule has 5 aromatic rings. The summed E-state index contributed by atoms with van der Waals surface area (Å²) in [4.78, 5) is 15.4. The van der Waals surface area contributed by atoms with Crippen LogP contribution in [-0.2, 0) is 0 Å². The fraction of sp³-hybridized carbons (Fsp3) is 0.114. The summed E-state index contributed by atoms with van der Waals surface area (Å²) in [5.74, 6) is 0.808. The zero-order valence-electron chi connectivity index (χ0n) is 22.7. The van der Waals surface area contributed by atoms with Crippen molar-refractivity contribution in [2.24, 2.45) is 9.98 Å². The molecule has 0 aliphatic rings. The number of hydrogen-bond donors (Lipinski definition) is 0. The second kappa shape index (κ2) is 11.7. The van der Waals surface area contributed by atoms with Gasteiger partial charge in [0.2, 0.25) is 0 Å². The predicted molar refractivity (Wildman–Crippen MR) is 161 cm³/mol. The molecule has 0 saturated carbocycles. The van der Waals surface area contributed by atoms with Crippen LogP contribution in [0.2, 0.25) is 0 Å². The van der Waals surface area contributed by atoms with Crippen molar-refractivity contribution in [2.45, 2.75) is 20.8 Å². The molecule has 1 aromatic heterocycles. The minimum Gasteiger partial charge on any atom is -0.497 e. The first-order valence-corrected chi connectivity index (χ1v) is 13.0. The largest absolute Gasteiger partial charge is 0.497 e. The maximum Gasteiger partial charge on any atom is 0.119 e. The van der Waals surface area contributed by atoms with Crippen molar-refractivity contribution in [1.82, 2.24) is 4.98 Å². The van der Waals surface area contributed by atoms with Gasteiger partial charge in [0.1, 0.15) is 5.75 Å². The third kappa shape index (κ3) is 6.02. The van der Waals surface area contributed by atoms with Gasteiger partial charge in [-0.25, -0.2) is 15.0 Å². The highest BCUT2D eigenvalue weighted by Gasteiger charge is 2.15. The van der Waals surface area contributed by atoms with Crippen LogP contribution in [0.5, 0.6) is 5.75 Å². The normalized spacial score (nSPS) is 11.9. The summed E-state index contributed by atoms with van der Waals surface area (Å²) in [6.45, 7) is 6.23. The number of rotatable bonds is 7. The number of ether oxygens (including phenoxy) is 1. The first-order valence-electron chi connectivity index (χ1n) is 13.0. The molecule has 0 spiro atoms. The Morgan fingerprint density at radius 1 is 0.564 bits per heavy atom. The molecule has 0 unspecified atom stereocenters. The summed E-state index contributed by atoms with van der Waals surface area (Å²) in [5.41, 5.74) is 10.3. The fourth-order valence-electron chi connectivity index (χ4n) is 4.48. The first-order chi connectivity index (χ1) is 19.0. The van der Waals surface area contributed by atoms with E-state index in [-0.39, 0.29) is 0 Å². The second-order valence-electron chi connectivity index (χ2n) is 9.50. The van der Waals surface area contributed by atoms with E-state index in [9.17, 15) is 0 Å². The minimum atomic E-state index is 0.776. The summed E-state index contributed by atoms with van der Waals surface area (Å²) in [5, 5.41) is 0. The average Bonchev–Trinajstić information content (AvgIpc) is 2.97. The van der Waals surface area contributed by atoms with Crippen LogP contribution in [0, 0.1) is 20.8 Å². The lowest BCUT2D eigenvalue weighted by atomic mass is 10.0. The molecule has 4 heteroatoms. The Hall–Kier alpha value is -4.83. The molecular formula is C35H31N3O. The van der Waals surface area contributed by atoms with Gasteiger partial charge in [-0.05, 0) is 68.3 Å². The Balaban J connectivity index is 1.67. The maximum absolute atomic E-state index is 5.40. The van der Waals surface area contributed by atoms with Crippen molar-refractivity contribution >= 4 is 22.8 Å². The molecule has 192 valence electrons. The standard InChI is InChI=1S/C35H31N3O/c1-24-18-20-30(25(2)22-24)37-34(27-12-7-5-8-13-27)32-16-11-17-33(36-32)35(28-14-9-6-10-15-28)38-31-21-19-29(39-4)23-26(31)3/h5-23H,1-4H3/b37-34+,38-35+. The lowest BCUT2D eigenvalue weighted by Gasteiger charge is -2.13. The summed E-state index contributed by atoms with van der Waals surface area (Å²) in [6, 6.07) is 38.7. The van der Waals surface area contributed by atoms with Crippen molar-refractivity contribution in [3.05, 3.63) is 154 Å². The van der Waals surface area contributed by atoms with Gasteiger partial charge in [-0.2, -0.15) is 0 Å². The van der Waals surface area contributed by atoms with Gasteiger partial charge in [-0.3, -0.25) is 0 Å². The Labute approximate surface area is 230 Å². The van der Waals surface area contributed by atoms with Crippen LogP contribution in [0.25, 0.3) is 0 Å². The number of pyridine rings is 1. The van der Waals surface area contributed by atoms with Gasteiger partial charge in [0.15, 0.2) is 0 Å². The van der Waals surface area contributed by atoms with E-state index in [4.69, 9.17) is 19.7 Å². The lowest BCUT2D eigenvalue weighted by Crippen LogP contribution is -2.11. The molecule has 0 aliphatic heterocycles. The van der Waals surface area contributed by atoms with E-state index in [1.807, 2.05) is 79.7 Å². The highest BCUT2D eigenvalue weighted by molar-refractivity contribution is 6.15. The first kappa shape index (κ1) is 25.8. The second-order valence-corrected chi connectivity index (χ2v) is 9.50. The lowest BCUT2D eigenvalue weighted by molar-refractivity contribution is 0.414. The highest BCUT2D eigenvalue weighted by Crippen LogP contribution is 2.27. The third-order valence-corrected chi connectivity index (χ3v) is 6.55. The van der Waals surface area contributed by atoms with E-state index >= 15 is 0 Å². The van der Waals surface area contributed by atoms with Gasteiger partial charge in [0.25, 0.3) is 0 Å². The SMILES string of the molecule is COc1ccc(/N=C(\c2ccccc2)c2cccc(/C(=N/c3ccc(C)cc3C)c3ccccc3)n2)c(C)c1. The molecule has 0 fully saturated rings. The van der Waals surface area contributed by atoms with Gasteiger partial charge in [-0.15, -0.1) is 0 Å². The van der Waals surface area contributed by atoms with E-state index in [2.05, 4.69) is 56.3 Å². The van der Waals surface area contributed by atoms with E-state index < -0.39 is 0 Å². The van der Waals surface area contributed by atoms with Crippen LogP contribution in [0.3, 0.4) is 0 Å². The molecule has 0 atom stereocenters. The molecule has 1 heterocycles. The molecule has 39 heavy (non-hydrogen) atoms. The van der Waals surface area contributed by atoms with Crippen molar-refractivity contribution < 1.29 is 4.74 Å². The summed E-state index contributed by atoms with van der Waals surface area (Å²) >= 11 is 0.